The van der Waals surface area contributed by atoms with Crippen molar-refractivity contribution in [1.29, 1.82) is 0 Å². The summed E-state index contributed by atoms with van der Waals surface area (Å²) in [4.78, 5) is 0. The van der Waals surface area contributed by atoms with Crippen LogP contribution in [0.2, 0.25) is 5.02 Å². The minimum absolute atomic E-state index is 0.676. The van der Waals surface area contributed by atoms with Gasteiger partial charge >= 0.3 is 0 Å². The lowest BCUT2D eigenvalue weighted by Gasteiger charge is -2.11. The van der Waals surface area contributed by atoms with Gasteiger partial charge in [-0.05, 0) is 50.2 Å². The van der Waals surface area contributed by atoms with Crippen molar-refractivity contribution >= 4 is 23.4 Å². The number of aryl methyl sites for hydroxylation is 2. The third-order valence-electron chi connectivity index (χ3n) is 4.57. The molecule has 0 unspecified atom stereocenters. The number of thioether (sulfide) groups is 1. The van der Waals surface area contributed by atoms with E-state index in [0.29, 0.717) is 10.8 Å². The van der Waals surface area contributed by atoms with Crippen molar-refractivity contribution in [2.75, 3.05) is 7.11 Å². The molecule has 0 saturated carbocycles. The van der Waals surface area contributed by atoms with E-state index in [4.69, 9.17) is 20.9 Å². The Labute approximate surface area is 177 Å². The number of benzene rings is 2. The van der Waals surface area contributed by atoms with E-state index in [0.717, 1.165) is 45.0 Å². The lowest BCUT2D eigenvalue weighted by Crippen LogP contribution is -2.00. The van der Waals surface area contributed by atoms with Crippen molar-refractivity contribution in [2.24, 2.45) is 0 Å². The van der Waals surface area contributed by atoms with Gasteiger partial charge in [0.1, 0.15) is 11.5 Å². The van der Waals surface area contributed by atoms with Crippen molar-refractivity contribution < 1.29 is 9.26 Å². The van der Waals surface area contributed by atoms with E-state index >= 15 is 0 Å². The summed E-state index contributed by atoms with van der Waals surface area (Å²) in [6, 6.07) is 15.4. The Morgan fingerprint density at radius 1 is 1.10 bits per heavy atom. The van der Waals surface area contributed by atoms with Gasteiger partial charge in [-0.1, -0.05) is 40.7 Å². The second-order valence-corrected chi connectivity index (χ2v) is 7.82. The van der Waals surface area contributed by atoms with Gasteiger partial charge in [-0.25, -0.2) is 0 Å². The summed E-state index contributed by atoms with van der Waals surface area (Å²) >= 11 is 7.68. The molecule has 0 atom stereocenters. The van der Waals surface area contributed by atoms with E-state index in [-0.39, 0.29) is 0 Å². The van der Waals surface area contributed by atoms with Gasteiger partial charge in [-0.3, -0.25) is 4.57 Å². The minimum atomic E-state index is 0.676. The highest BCUT2D eigenvalue weighted by atomic mass is 35.5. The zero-order valence-electron chi connectivity index (χ0n) is 16.2. The van der Waals surface area contributed by atoms with Crippen LogP contribution in [0.15, 0.2) is 58.2 Å². The van der Waals surface area contributed by atoms with E-state index in [1.807, 2.05) is 66.9 Å². The molecule has 6 nitrogen and oxygen atoms in total. The monoisotopic (exact) mass is 426 g/mol. The molecule has 8 heteroatoms. The number of nitrogens with zero attached hydrogens (tertiary/aromatic N) is 4. The zero-order valence-corrected chi connectivity index (χ0v) is 17.8. The Morgan fingerprint density at radius 3 is 2.59 bits per heavy atom. The van der Waals surface area contributed by atoms with Gasteiger partial charge < -0.3 is 9.26 Å². The maximum absolute atomic E-state index is 6.09. The summed E-state index contributed by atoms with van der Waals surface area (Å²) in [6.07, 6.45) is 0. The lowest BCUT2D eigenvalue weighted by atomic mass is 10.2. The number of halogens is 1. The van der Waals surface area contributed by atoms with Crippen LogP contribution in [0.3, 0.4) is 0 Å². The quantitative estimate of drug-likeness (QED) is 0.379. The summed E-state index contributed by atoms with van der Waals surface area (Å²) in [5, 5.41) is 14.4. The third kappa shape index (κ3) is 4.02. The molecule has 0 N–H and O–H groups in total. The summed E-state index contributed by atoms with van der Waals surface area (Å²) in [7, 11) is 1.65. The van der Waals surface area contributed by atoms with Crippen molar-refractivity contribution in [3.63, 3.8) is 0 Å². The number of aromatic nitrogens is 4. The second kappa shape index (κ2) is 8.31. The molecule has 29 heavy (non-hydrogen) atoms. The Hall–Kier alpha value is -2.77. The number of hydrogen-bond donors (Lipinski definition) is 0. The number of methoxy groups -OCH3 is 1. The predicted molar refractivity (Wildman–Crippen MR) is 114 cm³/mol. The van der Waals surface area contributed by atoms with Crippen LogP contribution in [-0.2, 0) is 5.75 Å². The van der Waals surface area contributed by atoms with Crippen LogP contribution < -0.4 is 4.74 Å². The molecule has 0 amide bonds. The Bertz CT molecular complexity index is 1120. The van der Waals surface area contributed by atoms with E-state index < -0.39 is 0 Å². The fourth-order valence-electron chi connectivity index (χ4n) is 2.98. The normalized spacial score (nSPS) is 11.0. The SMILES string of the molecule is COc1cccc(-c2nnc(SCc3c(C)noc3C)n2-c2ccc(Cl)cc2)c1. The number of rotatable bonds is 6. The van der Waals surface area contributed by atoms with Crippen LogP contribution in [0.4, 0.5) is 0 Å². The van der Waals surface area contributed by atoms with E-state index in [9.17, 15) is 0 Å². The Kier molecular flexibility index (Phi) is 5.60. The lowest BCUT2D eigenvalue weighted by molar-refractivity contribution is 0.392. The molecule has 148 valence electrons. The van der Waals surface area contributed by atoms with Crippen LogP contribution in [0.25, 0.3) is 17.1 Å². The van der Waals surface area contributed by atoms with E-state index in [1.165, 1.54) is 0 Å². The molecule has 0 aliphatic rings. The molecule has 0 saturated heterocycles. The molecule has 2 aromatic carbocycles. The van der Waals surface area contributed by atoms with Crippen molar-refractivity contribution in [2.45, 2.75) is 24.8 Å². The molecule has 0 aliphatic carbocycles. The van der Waals surface area contributed by atoms with Crippen molar-refractivity contribution in [3.05, 3.63) is 70.6 Å². The first-order valence-corrected chi connectivity index (χ1v) is 10.3. The first-order chi connectivity index (χ1) is 14.1. The molecule has 0 aliphatic heterocycles. The highest BCUT2D eigenvalue weighted by Crippen LogP contribution is 2.32. The number of ether oxygens (including phenoxy) is 1. The highest BCUT2D eigenvalue weighted by molar-refractivity contribution is 7.98. The third-order valence-corrected chi connectivity index (χ3v) is 5.78. The summed E-state index contributed by atoms with van der Waals surface area (Å²) in [5.41, 5.74) is 3.80. The second-order valence-electron chi connectivity index (χ2n) is 6.44. The standard InChI is InChI=1S/C21H19ClN4O2S/c1-13-19(14(2)28-25-13)12-29-21-24-23-20(15-5-4-6-18(11-15)27-3)26(21)17-9-7-16(22)8-10-17/h4-11H,12H2,1-3H3. The molecule has 2 aromatic heterocycles. The number of hydrogen-bond acceptors (Lipinski definition) is 6. The fraction of sp³-hybridized carbons (Fsp3) is 0.190. The maximum atomic E-state index is 6.09. The largest absolute Gasteiger partial charge is 0.497 e. The smallest absolute Gasteiger partial charge is 0.196 e. The molecule has 0 fully saturated rings. The van der Waals surface area contributed by atoms with Gasteiger partial charge in [0.25, 0.3) is 0 Å². The molecule has 0 bridgehead atoms. The van der Waals surface area contributed by atoms with Crippen LogP contribution in [0, 0.1) is 13.8 Å². The molecular formula is C21H19ClN4O2S. The Morgan fingerprint density at radius 2 is 1.90 bits per heavy atom. The molecular weight excluding hydrogens is 408 g/mol. The first-order valence-electron chi connectivity index (χ1n) is 8.97. The zero-order chi connectivity index (χ0) is 20.4. The summed E-state index contributed by atoms with van der Waals surface area (Å²) < 4.78 is 12.7. The molecule has 0 radical (unpaired) electrons. The fourth-order valence-corrected chi connectivity index (χ4v) is 4.21. The van der Waals surface area contributed by atoms with Gasteiger partial charge in [-0.15, -0.1) is 10.2 Å². The minimum Gasteiger partial charge on any atom is -0.497 e. The molecule has 0 spiro atoms. The van der Waals surface area contributed by atoms with Gasteiger partial charge in [0.2, 0.25) is 0 Å². The van der Waals surface area contributed by atoms with Crippen LogP contribution >= 0.6 is 23.4 Å². The van der Waals surface area contributed by atoms with Gasteiger partial charge in [0.05, 0.1) is 12.8 Å². The molecule has 4 aromatic rings. The summed E-state index contributed by atoms with van der Waals surface area (Å²) in [5.74, 6) is 3.00. The van der Waals surface area contributed by atoms with Crippen molar-refractivity contribution in [1.82, 2.24) is 19.9 Å². The highest BCUT2D eigenvalue weighted by Gasteiger charge is 2.18. The average Bonchev–Trinajstić information content (AvgIpc) is 3.30. The topological polar surface area (TPSA) is 66.0 Å². The molecule has 4 rings (SSSR count). The van der Waals surface area contributed by atoms with Gasteiger partial charge in [0.15, 0.2) is 11.0 Å². The van der Waals surface area contributed by atoms with Gasteiger partial charge in [0, 0.05) is 27.6 Å². The Balaban J connectivity index is 1.77. The van der Waals surface area contributed by atoms with Crippen LogP contribution in [0.5, 0.6) is 5.75 Å². The predicted octanol–water partition coefficient (Wildman–Crippen LogP) is 5.49. The van der Waals surface area contributed by atoms with E-state index in [1.54, 1.807) is 18.9 Å². The van der Waals surface area contributed by atoms with E-state index in [2.05, 4.69) is 15.4 Å². The van der Waals surface area contributed by atoms with Crippen LogP contribution in [0.1, 0.15) is 17.0 Å². The average molecular weight is 427 g/mol. The first kappa shape index (κ1) is 19.5. The van der Waals surface area contributed by atoms with Gasteiger partial charge in [-0.2, -0.15) is 0 Å². The summed E-state index contributed by atoms with van der Waals surface area (Å²) in [6.45, 7) is 3.86. The van der Waals surface area contributed by atoms with Crippen molar-refractivity contribution in [3.8, 4) is 22.8 Å². The van der Waals surface area contributed by atoms with Crippen LogP contribution in [-0.4, -0.2) is 27.0 Å². The maximum Gasteiger partial charge on any atom is 0.196 e. The molecule has 2 heterocycles.